The molecule has 8 nitrogen and oxygen atoms in total. The number of nitrogens with zero attached hydrogens (tertiary/aromatic N) is 2. The van der Waals surface area contributed by atoms with Crippen LogP contribution in [0.25, 0.3) is 6.08 Å². The first-order chi connectivity index (χ1) is 16.7. The summed E-state index contributed by atoms with van der Waals surface area (Å²) < 4.78 is 41.0. The third-order valence-corrected chi connectivity index (χ3v) is 8.71. The summed E-state index contributed by atoms with van der Waals surface area (Å²) in [5.41, 5.74) is 0.714. The van der Waals surface area contributed by atoms with Crippen LogP contribution in [-0.4, -0.2) is 60.4 Å². The third-order valence-electron chi connectivity index (χ3n) is 5.61. The molecule has 2 fully saturated rings. The Morgan fingerprint density at radius 1 is 1.17 bits per heavy atom. The molecule has 2 saturated heterocycles. The maximum Gasteiger partial charge on any atom is 0.293 e. The first kappa shape index (κ1) is 25.4. The van der Waals surface area contributed by atoms with E-state index >= 15 is 0 Å². The van der Waals surface area contributed by atoms with E-state index in [1.54, 1.807) is 30.3 Å². The van der Waals surface area contributed by atoms with Gasteiger partial charge in [-0.15, -0.1) is 0 Å². The fourth-order valence-corrected chi connectivity index (χ4v) is 6.60. The van der Waals surface area contributed by atoms with Gasteiger partial charge in [0.2, 0.25) is 15.9 Å². The van der Waals surface area contributed by atoms with Gasteiger partial charge >= 0.3 is 0 Å². The van der Waals surface area contributed by atoms with Gasteiger partial charge in [0.25, 0.3) is 11.1 Å². The van der Waals surface area contributed by atoms with E-state index in [1.807, 2.05) is 0 Å². The zero-order valence-electron chi connectivity index (χ0n) is 18.3. The van der Waals surface area contributed by atoms with Crippen LogP contribution >= 0.6 is 23.4 Å². The summed E-state index contributed by atoms with van der Waals surface area (Å²) in [6.45, 7) is -0.0241. The summed E-state index contributed by atoms with van der Waals surface area (Å²) in [5, 5.41) is 2.69. The molecular weight excluding hydrogens is 517 g/mol. The monoisotopic (exact) mass is 537 g/mol. The van der Waals surface area contributed by atoms with Gasteiger partial charge in [-0.2, -0.15) is 4.31 Å². The number of benzene rings is 2. The number of sulfonamides is 1. The molecule has 0 aromatic heterocycles. The highest BCUT2D eigenvalue weighted by atomic mass is 35.5. The Hall–Kier alpha value is -2.73. The van der Waals surface area contributed by atoms with Crippen molar-refractivity contribution in [1.82, 2.24) is 14.5 Å². The SMILES string of the molecule is O=C(NCCN1C(=O)SC(=Cc2ccc(Cl)cc2)C1=O)C1CCCN1S(=O)(=O)c1ccccc1F. The van der Waals surface area contributed by atoms with Crippen molar-refractivity contribution in [2.45, 2.75) is 23.8 Å². The molecule has 2 aromatic rings. The Morgan fingerprint density at radius 2 is 1.89 bits per heavy atom. The molecule has 0 bridgehead atoms. The second-order valence-corrected chi connectivity index (χ2v) is 11.2. The van der Waals surface area contributed by atoms with Crippen molar-refractivity contribution >= 4 is 56.5 Å². The average molecular weight is 538 g/mol. The molecule has 2 heterocycles. The smallest absolute Gasteiger partial charge is 0.293 e. The predicted octanol–water partition coefficient (Wildman–Crippen LogP) is 3.48. The number of rotatable bonds is 7. The molecule has 0 saturated carbocycles. The summed E-state index contributed by atoms with van der Waals surface area (Å²) in [7, 11) is -4.20. The zero-order valence-corrected chi connectivity index (χ0v) is 20.7. The highest BCUT2D eigenvalue weighted by Crippen LogP contribution is 2.32. The van der Waals surface area contributed by atoms with Crippen LogP contribution in [0.2, 0.25) is 5.02 Å². The zero-order chi connectivity index (χ0) is 25.2. The highest BCUT2D eigenvalue weighted by Gasteiger charge is 2.40. The Bertz CT molecular complexity index is 1300. The van der Waals surface area contributed by atoms with E-state index in [0.29, 0.717) is 17.0 Å². The number of amides is 3. The fraction of sp³-hybridized carbons (Fsp3) is 0.261. The summed E-state index contributed by atoms with van der Waals surface area (Å²) >= 11 is 6.66. The number of hydrogen-bond acceptors (Lipinski definition) is 6. The second kappa shape index (κ2) is 10.5. The van der Waals surface area contributed by atoms with Crippen molar-refractivity contribution in [3.63, 3.8) is 0 Å². The Labute approximate surface area is 211 Å². The third kappa shape index (κ3) is 5.43. The van der Waals surface area contributed by atoms with Gasteiger partial charge < -0.3 is 5.32 Å². The average Bonchev–Trinajstić information content (AvgIpc) is 3.42. The van der Waals surface area contributed by atoms with Crippen molar-refractivity contribution in [3.05, 3.63) is 69.8 Å². The molecule has 35 heavy (non-hydrogen) atoms. The summed E-state index contributed by atoms with van der Waals surface area (Å²) in [6, 6.07) is 10.8. The molecule has 2 aliphatic rings. The van der Waals surface area contributed by atoms with Crippen LogP contribution in [0.5, 0.6) is 0 Å². The van der Waals surface area contributed by atoms with E-state index in [-0.39, 0.29) is 31.0 Å². The molecule has 2 aromatic carbocycles. The Kier molecular flexibility index (Phi) is 7.60. The van der Waals surface area contributed by atoms with Gasteiger partial charge in [0.1, 0.15) is 16.8 Å². The van der Waals surface area contributed by atoms with E-state index < -0.39 is 43.8 Å². The summed E-state index contributed by atoms with van der Waals surface area (Å²) in [5.74, 6) is -1.93. The summed E-state index contributed by atoms with van der Waals surface area (Å²) in [4.78, 5) is 38.5. The maximum atomic E-state index is 14.1. The Balaban J connectivity index is 1.37. The van der Waals surface area contributed by atoms with Crippen LogP contribution in [0.1, 0.15) is 18.4 Å². The van der Waals surface area contributed by atoms with Crippen molar-refractivity contribution < 1.29 is 27.2 Å². The van der Waals surface area contributed by atoms with Crippen LogP contribution < -0.4 is 5.32 Å². The van der Waals surface area contributed by atoms with E-state index in [1.165, 1.54) is 12.1 Å². The van der Waals surface area contributed by atoms with Gasteiger partial charge in [-0.05, 0) is 60.5 Å². The number of carbonyl (C=O) groups is 3. The first-order valence-corrected chi connectivity index (χ1v) is 13.4. The Morgan fingerprint density at radius 3 is 2.60 bits per heavy atom. The van der Waals surface area contributed by atoms with Gasteiger partial charge in [0, 0.05) is 24.7 Å². The van der Waals surface area contributed by atoms with Crippen molar-refractivity contribution in [1.29, 1.82) is 0 Å². The number of hydrogen-bond donors (Lipinski definition) is 1. The van der Waals surface area contributed by atoms with E-state index in [9.17, 15) is 27.2 Å². The lowest BCUT2D eigenvalue weighted by atomic mass is 10.2. The molecule has 1 N–H and O–H groups in total. The lowest BCUT2D eigenvalue weighted by Crippen LogP contribution is -2.47. The molecule has 0 radical (unpaired) electrons. The number of thioether (sulfide) groups is 1. The van der Waals surface area contributed by atoms with E-state index in [4.69, 9.17) is 11.6 Å². The van der Waals surface area contributed by atoms with Crippen molar-refractivity contribution in [2.75, 3.05) is 19.6 Å². The number of imide groups is 1. The molecule has 1 unspecified atom stereocenters. The minimum Gasteiger partial charge on any atom is -0.353 e. The topological polar surface area (TPSA) is 104 Å². The predicted molar refractivity (Wildman–Crippen MR) is 130 cm³/mol. The molecule has 0 spiro atoms. The minimum absolute atomic E-state index is 0.0464. The van der Waals surface area contributed by atoms with E-state index in [0.717, 1.165) is 33.1 Å². The van der Waals surface area contributed by atoms with Gasteiger partial charge in [-0.3, -0.25) is 19.3 Å². The number of carbonyl (C=O) groups excluding carboxylic acids is 3. The number of halogens is 2. The first-order valence-electron chi connectivity index (χ1n) is 10.7. The standard InChI is InChI=1S/C23H21ClFN3O5S2/c24-16-9-7-15(8-10-16)14-19-22(30)27(23(31)34-19)13-11-26-21(29)18-5-3-12-28(18)35(32,33)20-6-2-1-4-17(20)25/h1-2,4,6-10,14,18H,3,5,11-13H2,(H,26,29). The van der Waals surface area contributed by atoms with Crippen molar-refractivity contribution in [3.8, 4) is 0 Å². The molecule has 12 heteroatoms. The number of nitrogens with one attached hydrogen (secondary N) is 1. The highest BCUT2D eigenvalue weighted by molar-refractivity contribution is 8.18. The molecule has 0 aliphatic carbocycles. The second-order valence-electron chi connectivity index (χ2n) is 7.88. The molecule has 1 atom stereocenters. The molecule has 184 valence electrons. The normalized spacial score (nSPS) is 20.1. The van der Waals surface area contributed by atoms with Gasteiger partial charge in [-0.25, -0.2) is 12.8 Å². The molecule has 3 amide bonds. The lowest BCUT2D eigenvalue weighted by Gasteiger charge is -2.24. The largest absolute Gasteiger partial charge is 0.353 e. The fourth-order valence-electron chi connectivity index (χ4n) is 3.88. The molecule has 2 aliphatic heterocycles. The van der Waals surface area contributed by atoms with Gasteiger partial charge in [-0.1, -0.05) is 35.9 Å². The van der Waals surface area contributed by atoms with Crippen LogP contribution in [-0.2, 0) is 19.6 Å². The van der Waals surface area contributed by atoms with Crippen LogP contribution in [0, 0.1) is 5.82 Å². The maximum absolute atomic E-state index is 14.1. The lowest BCUT2D eigenvalue weighted by molar-refractivity contribution is -0.125. The van der Waals surface area contributed by atoms with E-state index in [2.05, 4.69) is 5.32 Å². The van der Waals surface area contributed by atoms with Crippen LogP contribution in [0.15, 0.2) is 58.3 Å². The molecule has 4 rings (SSSR count). The van der Waals surface area contributed by atoms with Crippen LogP contribution in [0.3, 0.4) is 0 Å². The van der Waals surface area contributed by atoms with Gasteiger partial charge in [0.15, 0.2) is 0 Å². The molecular formula is C23H21ClFN3O5S2. The summed E-state index contributed by atoms with van der Waals surface area (Å²) in [6.07, 6.45) is 2.32. The van der Waals surface area contributed by atoms with Crippen LogP contribution in [0.4, 0.5) is 9.18 Å². The van der Waals surface area contributed by atoms with Gasteiger partial charge in [0.05, 0.1) is 4.91 Å². The quantitative estimate of drug-likeness (QED) is 0.542. The van der Waals surface area contributed by atoms with Crippen molar-refractivity contribution in [2.24, 2.45) is 0 Å². The minimum atomic E-state index is -4.20.